The Morgan fingerprint density at radius 1 is 1.36 bits per heavy atom. The molecule has 0 radical (unpaired) electrons. The molecule has 0 spiro atoms. The van der Waals surface area contributed by atoms with Crippen molar-refractivity contribution in [3.8, 4) is 0 Å². The highest BCUT2D eigenvalue weighted by Crippen LogP contribution is 2.37. The maximum absolute atomic E-state index is 12.7. The van der Waals surface area contributed by atoms with E-state index in [-0.39, 0.29) is 18.3 Å². The van der Waals surface area contributed by atoms with Gasteiger partial charge in [0.25, 0.3) is 5.91 Å². The van der Waals surface area contributed by atoms with E-state index < -0.39 is 5.97 Å². The fraction of sp³-hybridized carbons (Fsp3) is 0.526. The third-order valence-electron chi connectivity index (χ3n) is 4.81. The van der Waals surface area contributed by atoms with E-state index in [4.69, 9.17) is 4.74 Å². The van der Waals surface area contributed by atoms with E-state index in [1.54, 1.807) is 10.7 Å². The third-order valence-corrected chi connectivity index (χ3v) is 5.94. The van der Waals surface area contributed by atoms with E-state index in [1.165, 1.54) is 18.4 Å². The van der Waals surface area contributed by atoms with Crippen molar-refractivity contribution >= 4 is 40.6 Å². The molecule has 0 fully saturated rings. The zero-order valence-corrected chi connectivity index (χ0v) is 18.3. The van der Waals surface area contributed by atoms with Crippen molar-refractivity contribution in [3.63, 3.8) is 0 Å². The van der Waals surface area contributed by atoms with E-state index >= 15 is 0 Å². The fourth-order valence-electron chi connectivity index (χ4n) is 3.48. The van der Waals surface area contributed by atoms with Gasteiger partial charge in [0.2, 0.25) is 0 Å². The Morgan fingerprint density at radius 2 is 2.11 bits per heavy atom. The van der Waals surface area contributed by atoms with Crippen LogP contribution in [0.15, 0.2) is 6.07 Å². The Kier molecular flexibility index (Phi) is 7.63. The minimum Gasteiger partial charge on any atom is -0.465 e. The second-order valence-electron chi connectivity index (χ2n) is 6.67. The van der Waals surface area contributed by atoms with Gasteiger partial charge in [-0.25, -0.2) is 4.79 Å². The van der Waals surface area contributed by atoms with Crippen molar-refractivity contribution < 1.29 is 14.3 Å². The summed E-state index contributed by atoms with van der Waals surface area (Å²) in [6.45, 7) is 9.50. The molecule has 1 N–H and O–H groups in total. The molecule has 28 heavy (non-hydrogen) atoms. The van der Waals surface area contributed by atoms with Crippen LogP contribution in [0.25, 0.3) is 0 Å². The number of methoxy groups -OCH3 is 1. The van der Waals surface area contributed by atoms with Crippen molar-refractivity contribution in [1.29, 1.82) is 0 Å². The molecular weight excluding hydrogens is 400 g/mol. The summed E-state index contributed by atoms with van der Waals surface area (Å²) in [7, 11) is 1.37. The molecule has 0 saturated carbocycles. The van der Waals surface area contributed by atoms with E-state index in [2.05, 4.69) is 22.2 Å². The minimum absolute atomic E-state index is 0. The van der Waals surface area contributed by atoms with Crippen LogP contribution in [-0.2, 0) is 24.2 Å². The van der Waals surface area contributed by atoms with E-state index in [0.717, 1.165) is 48.6 Å². The molecule has 3 heterocycles. The van der Waals surface area contributed by atoms with Crippen LogP contribution in [0.1, 0.15) is 57.2 Å². The maximum Gasteiger partial charge on any atom is 0.341 e. The minimum atomic E-state index is -0.401. The Labute approximate surface area is 175 Å². The summed E-state index contributed by atoms with van der Waals surface area (Å²) >= 11 is 1.47. The van der Waals surface area contributed by atoms with Gasteiger partial charge in [0, 0.05) is 30.2 Å². The summed E-state index contributed by atoms with van der Waals surface area (Å²) in [6.07, 6.45) is 1.88. The third kappa shape index (κ3) is 4.39. The molecule has 0 unspecified atom stereocenters. The molecule has 9 heteroatoms. The van der Waals surface area contributed by atoms with Crippen molar-refractivity contribution in [2.75, 3.05) is 25.5 Å². The molecule has 1 aliphatic rings. The molecule has 2 aromatic rings. The van der Waals surface area contributed by atoms with Crippen LogP contribution >= 0.6 is 23.7 Å². The number of carbonyl (C=O) groups is 2. The first-order valence-electron chi connectivity index (χ1n) is 9.29. The lowest BCUT2D eigenvalue weighted by molar-refractivity contribution is 0.0600. The van der Waals surface area contributed by atoms with Crippen LogP contribution < -0.4 is 5.32 Å². The molecule has 1 aliphatic heterocycles. The molecule has 7 nitrogen and oxygen atoms in total. The van der Waals surface area contributed by atoms with E-state index in [9.17, 15) is 9.59 Å². The molecule has 2 aromatic heterocycles. The number of halogens is 1. The highest BCUT2D eigenvalue weighted by Gasteiger charge is 2.29. The summed E-state index contributed by atoms with van der Waals surface area (Å²) in [4.78, 5) is 28.6. The Balaban J connectivity index is 0.00000280. The molecule has 0 aromatic carbocycles. The van der Waals surface area contributed by atoms with Gasteiger partial charge in [0.15, 0.2) is 5.69 Å². The first-order valence-corrected chi connectivity index (χ1v) is 10.1. The van der Waals surface area contributed by atoms with Gasteiger partial charge in [-0.15, -0.1) is 23.7 Å². The van der Waals surface area contributed by atoms with Gasteiger partial charge in [-0.3, -0.25) is 14.4 Å². The summed E-state index contributed by atoms with van der Waals surface area (Å²) in [5.74, 6) is -0.707. The van der Waals surface area contributed by atoms with Crippen LogP contribution in [-0.4, -0.2) is 46.8 Å². The second-order valence-corrected chi connectivity index (χ2v) is 7.77. The van der Waals surface area contributed by atoms with Crippen LogP contribution in [0.2, 0.25) is 0 Å². The molecule has 154 valence electrons. The van der Waals surface area contributed by atoms with Gasteiger partial charge in [-0.05, 0) is 44.9 Å². The number of hydrogen-bond acceptors (Lipinski definition) is 6. The SMILES string of the molecule is CCCN1CCc2c(sc(NC(=O)c3cc(C)n(CC)n3)c2C(=O)OC)C1.Cl. The summed E-state index contributed by atoms with van der Waals surface area (Å²) in [5.41, 5.74) is 2.78. The number of aryl methyl sites for hydroxylation is 2. The molecular formula is C19H27ClN4O3S. The van der Waals surface area contributed by atoms with Crippen LogP contribution in [0.5, 0.6) is 0 Å². The number of nitrogens with zero attached hydrogens (tertiary/aromatic N) is 3. The summed E-state index contributed by atoms with van der Waals surface area (Å²) < 4.78 is 6.76. The van der Waals surface area contributed by atoms with Crippen molar-refractivity contribution in [2.45, 2.75) is 46.7 Å². The lowest BCUT2D eigenvalue weighted by Gasteiger charge is -2.26. The number of thiophene rings is 1. The number of hydrogen-bond donors (Lipinski definition) is 1. The monoisotopic (exact) mass is 426 g/mol. The smallest absolute Gasteiger partial charge is 0.341 e. The largest absolute Gasteiger partial charge is 0.465 e. The standard InChI is InChI=1S/C19H26N4O3S.ClH/c1-5-8-22-9-7-13-15(11-22)27-18(16(13)19(25)26-4)20-17(24)14-10-12(3)23(6-2)21-14;/h10H,5-9,11H2,1-4H3,(H,20,24);1H. The number of carbonyl (C=O) groups excluding carboxylic acids is 2. The zero-order valence-electron chi connectivity index (χ0n) is 16.7. The number of amides is 1. The van der Waals surface area contributed by atoms with Crippen molar-refractivity contribution in [1.82, 2.24) is 14.7 Å². The van der Waals surface area contributed by atoms with E-state index in [0.29, 0.717) is 22.8 Å². The number of nitrogens with one attached hydrogen (secondary N) is 1. The average Bonchev–Trinajstić information content (AvgIpc) is 3.20. The Bertz CT molecular complexity index is 862. The average molecular weight is 427 g/mol. The normalized spacial score (nSPS) is 13.6. The zero-order chi connectivity index (χ0) is 19.6. The number of anilines is 1. The highest BCUT2D eigenvalue weighted by molar-refractivity contribution is 7.17. The summed E-state index contributed by atoms with van der Waals surface area (Å²) in [6, 6.07) is 1.76. The molecule has 3 rings (SSSR count). The molecule has 0 saturated heterocycles. The Hall–Kier alpha value is -1.90. The van der Waals surface area contributed by atoms with Gasteiger partial charge < -0.3 is 10.1 Å². The van der Waals surface area contributed by atoms with Crippen molar-refractivity contribution in [2.24, 2.45) is 0 Å². The number of fused-ring (bicyclic) bond motifs is 1. The predicted molar refractivity (Wildman–Crippen MR) is 113 cm³/mol. The first-order chi connectivity index (χ1) is 13.0. The van der Waals surface area contributed by atoms with Crippen LogP contribution in [0.3, 0.4) is 0 Å². The first kappa shape index (κ1) is 22.4. The van der Waals surface area contributed by atoms with Gasteiger partial charge in [0.1, 0.15) is 5.00 Å². The topological polar surface area (TPSA) is 76.5 Å². The molecule has 1 amide bonds. The Morgan fingerprint density at radius 3 is 2.71 bits per heavy atom. The quantitative estimate of drug-likeness (QED) is 0.715. The molecule has 0 aliphatic carbocycles. The predicted octanol–water partition coefficient (Wildman–Crippen LogP) is 3.50. The van der Waals surface area contributed by atoms with Crippen LogP contribution in [0.4, 0.5) is 5.00 Å². The van der Waals surface area contributed by atoms with Crippen molar-refractivity contribution in [3.05, 3.63) is 33.5 Å². The number of esters is 1. The lowest BCUT2D eigenvalue weighted by atomic mass is 10.0. The molecule has 0 bridgehead atoms. The van der Waals surface area contributed by atoms with Gasteiger partial charge >= 0.3 is 5.97 Å². The maximum atomic E-state index is 12.7. The van der Waals surface area contributed by atoms with Crippen LogP contribution in [0, 0.1) is 6.92 Å². The summed E-state index contributed by atoms with van der Waals surface area (Å²) in [5, 5.41) is 7.77. The number of aromatic nitrogens is 2. The number of ether oxygens (including phenoxy) is 1. The second kappa shape index (κ2) is 9.54. The van der Waals surface area contributed by atoms with Gasteiger partial charge in [-0.2, -0.15) is 5.10 Å². The number of rotatable bonds is 6. The van der Waals surface area contributed by atoms with Gasteiger partial charge in [-0.1, -0.05) is 6.92 Å². The highest BCUT2D eigenvalue weighted by atomic mass is 35.5. The van der Waals surface area contributed by atoms with Gasteiger partial charge in [0.05, 0.1) is 12.7 Å². The molecule has 0 atom stereocenters. The lowest BCUT2D eigenvalue weighted by Crippen LogP contribution is -2.30. The van der Waals surface area contributed by atoms with E-state index in [1.807, 2.05) is 13.8 Å². The fourth-order valence-corrected chi connectivity index (χ4v) is 4.75.